The molecule has 3 fully saturated rings. The lowest BCUT2D eigenvalue weighted by Crippen LogP contribution is -2.48. The van der Waals surface area contributed by atoms with E-state index in [1.165, 1.54) is 24.3 Å². The molecule has 4 amide bonds. The minimum absolute atomic E-state index is 0.0272. The average Bonchev–Trinajstić information content (AvgIpc) is 3.21. The van der Waals surface area contributed by atoms with Gasteiger partial charge in [-0.15, -0.1) is 0 Å². The number of halogens is 2. The molecule has 2 aromatic carbocycles. The SMILES string of the molecule is C[C@@]12C(=O)N(c3ccc(F)c(Cl)c3)C(=O)[C@@H]1C[C@@H]1C(=CC[C@@H]3C(=O)N(O)C(=O)[C@@H]31)[C@@H]2c1ccc(O)cc1. The van der Waals surface area contributed by atoms with Gasteiger partial charge in [-0.05, 0) is 61.6 Å². The molecule has 0 unspecified atom stereocenters. The highest BCUT2D eigenvalue weighted by Crippen LogP contribution is 2.63. The fraction of sp³-hybridized carbons (Fsp3) is 0.333. The normalized spacial score (nSPS) is 32.9. The summed E-state index contributed by atoms with van der Waals surface area (Å²) in [6, 6.07) is 9.96. The molecule has 0 radical (unpaired) electrons. The molecule has 2 saturated heterocycles. The summed E-state index contributed by atoms with van der Waals surface area (Å²) in [6.07, 6.45) is 2.19. The van der Waals surface area contributed by atoms with E-state index in [0.29, 0.717) is 5.56 Å². The predicted molar refractivity (Wildman–Crippen MR) is 128 cm³/mol. The number of carbonyl (C=O) groups is 4. The van der Waals surface area contributed by atoms with Crippen molar-refractivity contribution in [2.24, 2.45) is 29.1 Å². The highest BCUT2D eigenvalue weighted by atomic mass is 35.5. The van der Waals surface area contributed by atoms with E-state index in [0.717, 1.165) is 16.5 Å². The lowest BCUT2D eigenvalue weighted by molar-refractivity contribution is -0.173. The van der Waals surface area contributed by atoms with Gasteiger partial charge in [-0.1, -0.05) is 35.4 Å². The van der Waals surface area contributed by atoms with E-state index in [-0.39, 0.29) is 34.4 Å². The van der Waals surface area contributed by atoms with E-state index in [2.05, 4.69) is 0 Å². The van der Waals surface area contributed by atoms with E-state index in [1.54, 1.807) is 19.1 Å². The molecule has 0 aromatic heterocycles. The van der Waals surface area contributed by atoms with Gasteiger partial charge in [0.1, 0.15) is 11.6 Å². The Morgan fingerprint density at radius 2 is 1.70 bits per heavy atom. The minimum atomic E-state index is -1.27. The molecule has 2 heterocycles. The van der Waals surface area contributed by atoms with Crippen LogP contribution >= 0.6 is 11.6 Å². The van der Waals surface area contributed by atoms with Crippen LogP contribution in [0.15, 0.2) is 54.1 Å². The molecule has 2 aliphatic carbocycles. The van der Waals surface area contributed by atoms with Crippen molar-refractivity contribution < 1.29 is 33.9 Å². The summed E-state index contributed by atoms with van der Waals surface area (Å²) in [5.74, 6) is -6.68. The van der Waals surface area contributed by atoms with Gasteiger partial charge in [0.25, 0.3) is 11.8 Å². The van der Waals surface area contributed by atoms with Crippen molar-refractivity contribution in [3.8, 4) is 5.75 Å². The first-order valence-electron chi connectivity index (χ1n) is 11.9. The highest BCUT2D eigenvalue weighted by molar-refractivity contribution is 6.31. The van der Waals surface area contributed by atoms with E-state index in [9.17, 15) is 33.9 Å². The molecule has 6 atom stereocenters. The Labute approximate surface area is 215 Å². The smallest absolute Gasteiger partial charge is 0.257 e. The Balaban J connectivity index is 1.53. The quantitative estimate of drug-likeness (QED) is 0.351. The molecule has 2 aromatic rings. The van der Waals surface area contributed by atoms with E-state index in [1.807, 2.05) is 6.08 Å². The molecule has 10 heteroatoms. The number of allylic oxidation sites excluding steroid dienone is 2. The Bertz CT molecular complexity index is 1420. The number of carbonyl (C=O) groups excluding carboxylic acids is 4. The van der Waals surface area contributed by atoms with Gasteiger partial charge >= 0.3 is 0 Å². The maximum Gasteiger partial charge on any atom is 0.257 e. The molecule has 37 heavy (non-hydrogen) atoms. The predicted octanol–water partition coefficient (Wildman–Crippen LogP) is 3.80. The lowest BCUT2D eigenvalue weighted by atomic mass is 9.51. The number of imide groups is 2. The van der Waals surface area contributed by atoms with E-state index >= 15 is 0 Å². The van der Waals surface area contributed by atoms with Gasteiger partial charge in [0.15, 0.2) is 0 Å². The van der Waals surface area contributed by atoms with Crippen molar-refractivity contribution >= 4 is 40.9 Å². The van der Waals surface area contributed by atoms with Crippen molar-refractivity contribution in [3.05, 3.63) is 70.5 Å². The van der Waals surface area contributed by atoms with Crippen LogP contribution in [0.1, 0.15) is 31.2 Å². The molecule has 6 rings (SSSR count). The number of nitrogens with zero attached hydrogens (tertiary/aromatic N) is 2. The molecule has 4 aliphatic rings. The van der Waals surface area contributed by atoms with Gasteiger partial charge < -0.3 is 5.11 Å². The first-order chi connectivity index (χ1) is 17.6. The number of amides is 4. The van der Waals surface area contributed by atoms with E-state index < -0.39 is 64.5 Å². The van der Waals surface area contributed by atoms with Crippen molar-refractivity contribution in [3.63, 3.8) is 0 Å². The van der Waals surface area contributed by atoms with Crippen LogP contribution in [0.4, 0.5) is 10.1 Å². The van der Waals surface area contributed by atoms with Crippen LogP contribution in [0.25, 0.3) is 0 Å². The van der Waals surface area contributed by atoms with Gasteiger partial charge in [0.2, 0.25) is 11.8 Å². The number of phenols is 1. The number of hydroxylamine groups is 2. The van der Waals surface area contributed by atoms with Gasteiger partial charge in [0, 0.05) is 5.92 Å². The van der Waals surface area contributed by atoms with Crippen LogP contribution in [0.3, 0.4) is 0 Å². The van der Waals surface area contributed by atoms with Crippen LogP contribution in [-0.2, 0) is 19.2 Å². The zero-order valence-electron chi connectivity index (χ0n) is 19.6. The van der Waals surface area contributed by atoms with Gasteiger partial charge in [-0.25, -0.2) is 9.29 Å². The molecular formula is C27H22ClFN2O6. The second-order valence-electron chi connectivity index (χ2n) is 10.3. The topological polar surface area (TPSA) is 115 Å². The van der Waals surface area contributed by atoms with Gasteiger partial charge in [-0.2, -0.15) is 5.06 Å². The third-order valence-electron chi connectivity index (χ3n) is 8.64. The van der Waals surface area contributed by atoms with Crippen molar-refractivity contribution in [2.45, 2.75) is 25.7 Å². The van der Waals surface area contributed by atoms with Crippen LogP contribution in [0, 0.1) is 34.9 Å². The molecule has 0 spiro atoms. The molecule has 2 aliphatic heterocycles. The van der Waals surface area contributed by atoms with E-state index in [4.69, 9.17) is 11.6 Å². The average molecular weight is 525 g/mol. The second kappa shape index (κ2) is 7.97. The first kappa shape index (κ1) is 23.8. The molecule has 8 nitrogen and oxygen atoms in total. The summed E-state index contributed by atoms with van der Waals surface area (Å²) in [4.78, 5) is 54.5. The van der Waals surface area contributed by atoms with Gasteiger partial charge in [-0.3, -0.25) is 24.4 Å². The summed E-state index contributed by atoms with van der Waals surface area (Å²) in [6.45, 7) is 1.71. The number of anilines is 1. The number of phenolic OH excluding ortho intramolecular Hbond substituents is 1. The molecule has 0 bridgehead atoms. The first-order valence-corrected chi connectivity index (χ1v) is 12.3. The third-order valence-corrected chi connectivity index (χ3v) is 8.93. The van der Waals surface area contributed by atoms with Crippen molar-refractivity contribution in [1.29, 1.82) is 0 Å². The third kappa shape index (κ3) is 3.10. The Morgan fingerprint density at radius 3 is 2.38 bits per heavy atom. The number of aromatic hydroxyl groups is 1. The number of hydrogen-bond acceptors (Lipinski definition) is 6. The van der Waals surface area contributed by atoms with Crippen LogP contribution < -0.4 is 4.90 Å². The zero-order valence-corrected chi connectivity index (χ0v) is 20.4. The number of hydrogen-bond donors (Lipinski definition) is 2. The van der Waals surface area contributed by atoms with Crippen LogP contribution in [0.2, 0.25) is 5.02 Å². The monoisotopic (exact) mass is 524 g/mol. The summed E-state index contributed by atoms with van der Waals surface area (Å²) in [7, 11) is 0. The minimum Gasteiger partial charge on any atom is -0.508 e. The lowest BCUT2D eigenvalue weighted by Gasteiger charge is -2.49. The number of fused-ring (bicyclic) bond motifs is 4. The zero-order chi connectivity index (χ0) is 26.4. The van der Waals surface area contributed by atoms with Crippen LogP contribution in [0.5, 0.6) is 5.75 Å². The van der Waals surface area contributed by atoms with Gasteiger partial charge in [0.05, 0.1) is 33.9 Å². The molecular weight excluding hydrogens is 503 g/mol. The second-order valence-corrected chi connectivity index (χ2v) is 10.7. The molecule has 2 N–H and O–H groups in total. The highest BCUT2D eigenvalue weighted by Gasteiger charge is 2.67. The molecule has 1 saturated carbocycles. The number of rotatable bonds is 2. The maximum atomic E-state index is 14.1. The Hall–Kier alpha value is -3.56. The largest absolute Gasteiger partial charge is 0.508 e. The fourth-order valence-electron chi connectivity index (χ4n) is 6.92. The van der Waals surface area contributed by atoms with Crippen LogP contribution in [-0.4, -0.2) is 39.0 Å². The number of benzene rings is 2. The summed E-state index contributed by atoms with van der Waals surface area (Å²) in [5.41, 5.74) is 0.291. The maximum absolute atomic E-state index is 14.1. The Morgan fingerprint density at radius 1 is 1.00 bits per heavy atom. The standard InChI is InChI=1S/C27H22ClFN2O6/c1-27-18(24(34)30(26(27)36)13-4-9-20(29)19(28)10-13)11-17-15(22(27)12-2-5-14(32)6-3-12)7-8-16-21(17)25(35)31(37)23(16)33/h2-7,9-10,16-18,21-22,32,37H,8,11H2,1H3/t16-,17+,18-,21-,22-,27+/m0/s1. The van der Waals surface area contributed by atoms with Crippen molar-refractivity contribution in [1.82, 2.24) is 5.06 Å². The fourth-order valence-corrected chi connectivity index (χ4v) is 7.09. The molecule has 190 valence electrons. The summed E-state index contributed by atoms with van der Waals surface area (Å²) < 4.78 is 13.9. The Kier molecular flexibility index (Phi) is 5.13. The summed E-state index contributed by atoms with van der Waals surface area (Å²) in [5, 5.41) is 19.9. The van der Waals surface area contributed by atoms with Crippen molar-refractivity contribution in [2.75, 3.05) is 4.90 Å². The summed E-state index contributed by atoms with van der Waals surface area (Å²) >= 11 is 5.96.